The van der Waals surface area contributed by atoms with Crippen LogP contribution >= 0.6 is 0 Å². The number of nitrogens with one attached hydrogen (secondary N) is 1. The van der Waals surface area contributed by atoms with Crippen LogP contribution in [0.15, 0.2) is 60.7 Å². The predicted molar refractivity (Wildman–Crippen MR) is 119 cm³/mol. The quantitative estimate of drug-likeness (QED) is 0.496. The molecular formula is C25H27NO4. The Morgan fingerprint density at radius 2 is 1.63 bits per heavy atom. The molecule has 0 aromatic heterocycles. The SMILES string of the molecule is CCOc1cc(C)c(-c2cccc(CNc3ccc(OCC(=O)O)cc3)c2)c(C)c1. The Hall–Kier alpha value is -3.47. The average molecular weight is 405 g/mol. The lowest BCUT2D eigenvalue weighted by Gasteiger charge is -2.15. The highest BCUT2D eigenvalue weighted by Gasteiger charge is 2.09. The average Bonchev–Trinajstić information content (AvgIpc) is 2.71. The molecule has 3 aromatic carbocycles. The van der Waals surface area contributed by atoms with Crippen molar-refractivity contribution in [3.63, 3.8) is 0 Å². The monoisotopic (exact) mass is 405 g/mol. The Balaban J connectivity index is 1.70. The van der Waals surface area contributed by atoms with Crippen molar-refractivity contribution in [1.29, 1.82) is 0 Å². The first-order valence-corrected chi connectivity index (χ1v) is 9.98. The summed E-state index contributed by atoms with van der Waals surface area (Å²) in [5.41, 5.74) is 6.92. The minimum atomic E-state index is -0.991. The first kappa shape index (κ1) is 21.2. The van der Waals surface area contributed by atoms with Crippen LogP contribution in [0.5, 0.6) is 11.5 Å². The van der Waals surface area contributed by atoms with Gasteiger partial charge in [0.25, 0.3) is 0 Å². The molecule has 0 amide bonds. The number of benzene rings is 3. The summed E-state index contributed by atoms with van der Waals surface area (Å²) >= 11 is 0. The van der Waals surface area contributed by atoms with Crippen LogP contribution in [0.25, 0.3) is 11.1 Å². The first-order valence-electron chi connectivity index (χ1n) is 9.98. The van der Waals surface area contributed by atoms with Crippen LogP contribution in [0.1, 0.15) is 23.6 Å². The minimum absolute atomic E-state index is 0.343. The molecule has 0 atom stereocenters. The number of hydrogen-bond acceptors (Lipinski definition) is 4. The number of anilines is 1. The van der Waals surface area contributed by atoms with Crippen LogP contribution in [0.4, 0.5) is 5.69 Å². The summed E-state index contributed by atoms with van der Waals surface area (Å²) in [4.78, 5) is 10.6. The van der Waals surface area contributed by atoms with Gasteiger partial charge in [0.2, 0.25) is 0 Å². The summed E-state index contributed by atoms with van der Waals surface area (Å²) in [5.74, 6) is 0.450. The highest BCUT2D eigenvalue weighted by atomic mass is 16.5. The fourth-order valence-electron chi connectivity index (χ4n) is 3.48. The van der Waals surface area contributed by atoms with E-state index in [1.165, 1.54) is 27.8 Å². The second-order valence-electron chi connectivity index (χ2n) is 7.13. The summed E-state index contributed by atoms with van der Waals surface area (Å²) < 4.78 is 10.8. The van der Waals surface area contributed by atoms with Gasteiger partial charge >= 0.3 is 5.97 Å². The summed E-state index contributed by atoms with van der Waals surface area (Å²) in [6.07, 6.45) is 0. The molecule has 0 aliphatic heterocycles. The third kappa shape index (κ3) is 5.54. The highest BCUT2D eigenvalue weighted by molar-refractivity contribution is 5.72. The highest BCUT2D eigenvalue weighted by Crippen LogP contribution is 2.31. The van der Waals surface area contributed by atoms with Crippen LogP contribution < -0.4 is 14.8 Å². The zero-order valence-electron chi connectivity index (χ0n) is 17.6. The van der Waals surface area contributed by atoms with Gasteiger partial charge in [-0.1, -0.05) is 18.2 Å². The van der Waals surface area contributed by atoms with Gasteiger partial charge in [0.05, 0.1) is 6.61 Å². The van der Waals surface area contributed by atoms with Crippen molar-refractivity contribution in [2.24, 2.45) is 0 Å². The molecule has 3 rings (SSSR count). The number of rotatable bonds is 9. The standard InChI is InChI=1S/C25H27NO4/c1-4-29-23-12-17(2)25(18(3)13-23)20-7-5-6-19(14-20)15-26-21-8-10-22(11-9-21)30-16-24(27)28/h5-14,26H,4,15-16H2,1-3H3,(H,27,28). The van der Waals surface area contributed by atoms with Crippen molar-refractivity contribution >= 4 is 11.7 Å². The molecule has 3 aromatic rings. The van der Waals surface area contributed by atoms with E-state index >= 15 is 0 Å². The largest absolute Gasteiger partial charge is 0.494 e. The van der Waals surface area contributed by atoms with Crippen molar-refractivity contribution in [1.82, 2.24) is 0 Å². The van der Waals surface area contributed by atoms with Crippen LogP contribution in [0, 0.1) is 13.8 Å². The van der Waals surface area contributed by atoms with Crippen molar-refractivity contribution in [3.8, 4) is 22.6 Å². The Labute approximate surface area is 177 Å². The molecule has 0 aliphatic rings. The van der Waals surface area contributed by atoms with E-state index in [2.05, 4.69) is 55.6 Å². The van der Waals surface area contributed by atoms with Gasteiger partial charge in [-0.2, -0.15) is 0 Å². The molecular weight excluding hydrogens is 378 g/mol. The van der Waals surface area contributed by atoms with Crippen molar-refractivity contribution in [2.45, 2.75) is 27.3 Å². The van der Waals surface area contributed by atoms with Crippen molar-refractivity contribution in [2.75, 3.05) is 18.5 Å². The maximum absolute atomic E-state index is 10.6. The first-order chi connectivity index (χ1) is 14.5. The summed E-state index contributed by atoms with van der Waals surface area (Å²) in [5, 5.41) is 12.1. The van der Waals surface area contributed by atoms with Gasteiger partial charge in [0, 0.05) is 12.2 Å². The normalized spacial score (nSPS) is 10.5. The second-order valence-corrected chi connectivity index (χ2v) is 7.13. The molecule has 0 saturated carbocycles. The third-order valence-corrected chi connectivity index (χ3v) is 4.75. The summed E-state index contributed by atoms with van der Waals surface area (Å²) in [6.45, 7) is 7.22. The third-order valence-electron chi connectivity index (χ3n) is 4.75. The van der Waals surface area contributed by atoms with Crippen molar-refractivity contribution in [3.05, 3.63) is 77.4 Å². The number of hydrogen-bond donors (Lipinski definition) is 2. The Kier molecular flexibility index (Phi) is 6.96. The number of carbonyl (C=O) groups is 1. The molecule has 156 valence electrons. The summed E-state index contributed by atoms with van der Waals surface area (Å²) in [7, 11) is 0. The molecule has 5 heteroatoms. The number of ether oxygens (including phenoxy) is 2. The topological polar surface area (TPSA) is 67.8 Å². The number of aryl methyl sites for hydroxylation is 2. The molecule has 0 saturated heterocycles. The maximum Gasteiger partial charge on any atom is 0.341 e. The molecule has 30 heavy (non-hydrogen) atoms. The van der Waals surface area contributed by atoms with E-state index in [4.69, 9.17) is 14.6 Å². The zero-order valence-corrected chi connectivity index (χ0v) is 17.6. The zero-order chi connectivity index (χ0) is 21.5. The lowest BCUT2D eigenvalue weighted by atomic mass is 9.94. The molecule has 0 bridgehead atoms. The fourth-order valence-corrected chi connectivity index (χ4v) is 3.48. The van der Waals surface area contributed by atoms with Crippen LogP contribution in [-0.2, 0) is 11.3 Å². The van der Waals surface area contributed by atoms with E-state index in [9.17, 15) is 4.79 Å². The lowest BCUT2D eigenvalue weighted by Crippen LogP contribution is -2.09. The number of carboxylic acids is 1. The van der Waals surface area contributed by atoms with Crippen LogP contribution in [0.2, 0.25) is 0 Å². The second kappa shape index (κ2) is 9.83. The summed E-state index contributed by atoms with van der Waals surface area (Å²) in [6, 6.07) is 20.0. The fraction of sp³-hybridized carbons (Fsp3) is 0.240. The van der Waals surface area contributed by atoms with Gasteiger partial charge in [-0.15, -0.1) is 0 Å². The van der Waals surface area contributed by atoms with E-state index in [0.717, 1.165) is 11.4 Å². The number of aliphatic carboxylic acids is 1. The molecule has 0 unspecified atom stereocenters. The molecule has 0 aliphatic carbocycles. The Morgan fingerprint density at radius 1 is 0.933 bits per heavy atom. The van der Waals surface area contributed by atoms with E-state index in [1.54, 1.807) is 12.1 Å². The van der Waals surface area contributed by atoms with Gasteiger partial charge in [0.15, 0.2) is 6.61 Å². The molecule has 0 heterocycles. The lowest BCUT2D eigenvalue weighted by molar-refractivity contribution is -0.139. The Bertz CT molecular complexity index is 989. The van der Waals surface area contributed by atoms with Gasteiger partial charge in [0.1, 0.15) is 11.5 Å². The number of carboxylic acid groups (broad SMARTS) is 1. The van der Waals surface area contributed by atoms with Crippen molar-refractivity contribution < 1.29 is 19.4 Å². The van der Waals surface area contributed by atoms with Gasteiger partial charge in [-0.05, 0) is 91.1 Å². The van der Waals surface area contributed by atoms with E-state index < -0.39 is 5.97 Å². The molecule has 5 nitrogen and oxygen atoms in total. The molecule has 0 fully saturated rings. The van der Waals surface area contributed by atoms with E-state index in [-0.39, 0.29) is 6.61 Å². The maximum atomic E-state index is 10.6. The predicted octanol–water partition coefficient (Wildman–Crippen LogP) is 5.44. The Morgan fingerprint density at radius 3 is 2.27 bits per heavy atom. The van der Waals surface area contributed by atoms with Gasteiger partial charge in [-0.3, -0.25) is 0 Å². The van der Waals surface area contributed by atoms with E-state index in [0.29, 0.717) is 18.9 Å². The smallest absolute Gasteiger partial charge is 0.341 e. The van der Waals surface area contributed by atoms with Gasteiger partial charge in [-0.25, -0.2) is 4.79 Å². The van der Waals surface area contributed by atoms with Crippen LogP contribution in [-0.4, -0.2) is 24.3 Å². The molecule has 2 N–H and O–H groups in total. The molecule has 0 spiro atoms. The van der Waals surface area contributed by atoms with Gasteiger partial charge < -0.3 is 19.9 Å². The minimum Gasteiger partial charge on any atom is -0.494 e. The molecule has 0 radical (unpaired) electrons. The van der Waals surface area contributed by atoms with E-state index in [1.807, 2.05) is 19.1 Å². The van der Waals surface area contributed by atoms with Crippen LogP contribution in [0.3, 0.4) is 0 Å².